The third-order valence-corrected chi connectivity index (χ3v) is 2.27. The quantitative estimate of drug-likeness (QED) is 0.736. The van der Waals surface area contributed by atoms with Gasteiger partial charge in [0.1, 0.15) is 0 Å². The molecule has 80 valence electrons. The third kappa shape index (κ3) is 2.00. The predicted molar refractivity (Wildman–Crippen MR) is 42.9 cm³/mol. The molecule has 1 aliphatic rings. The number of nitrogens with zero attached hydrogens (tertiary/aromatic N) is 1. The minimum Gasteiger partial charge on any atom is -0.477 e. The van der Waals surface area contributed by atoms with Crippen LogP contribution in [0.15, 0.2) is 0 Å². The third-order valence-electron chi connectivity index (χ3n) is 2.27. The van der Waals surface area contributed by atoms with E-state index in [0.717, 1.165) is 4.90 Å². The van der Waals surface area contributed by atoms with Crippen LogP contribution in [0.1, 0.15) is 13.3 Å². The molecule has 6 heteroatoms. The topological polar surface area (TPSA) is 57.6 Å². The fourth-order valence-corrected chi connectivity index (χ4v) is 1.36. The highest BCUT2D eigenvalue weighted by Crippen LogP contribution is 2.22. The lowest BCUT2D eigenvalue weighted by molar-refractivity contribution is -0.168. The molecule has 0 aromatic heterocycles. The van der Waals surface area contributed by atoms with Gasteiger partial charge in [0.05, 0.1) is 6.54 Å². The molecule has 0 aliphatic carbocycles. The first-order chi connectivity index (χ1) is 6.34. The molecule has 0 saturated carbocycles. The van der Waals surface area contributed by atoms with Crippen LogP contribution >= 0.6 is 0 Å². The van der Waals surface area contributed by atoms with E-state index in [-0.39, 0.29) is 12.5 Å². The monoisotopic (exact) mass is 207 g/mol. The zero-order valence-corrected chi connectivity index (χ0v) is 7.67. The van der Waals surface area contributed by atoms with Crippen LogP contribution < -0.4 is 0 Å². The van der Waals surface area contributed by atoms with Gasteiger partial charge >= 0.3 is 11.9 Å². The summed E-state index contributed by atoms with van der Waals surface area (Å²) >= 11 is 0. The Bertz CT molecular complexity index is 267. The minimum absolute atomic E-state index is 0.211. The number of hydrogen-bond acceptors (Lipinski definition) is 2. The number of carbonyl (C=O) groups is 2. The highest BCUT2D eigenvalue weighted by Gasteiger charge is 2.43. The zero-order chi connectivity index (χ0) is 10.9. The highest BCUT2D eigenvalue weighted by molar-refractivity contribution is 5.82. The number of rotatable bonds is 3. The van der Waals surface area contributed by atoms with Gasteiger partial charge < -0.3 is 10.0 Å². The molecule has 0 radical (unpaired) electrons. The second-order valence-corrected chi connectivity index (χ2v) is 3.46. The Kier molecular flexibility index (Phi) is 2.73. The standard InChI is InChI=1S/C8H11F2NO3/c1-5-2-3-11(6(5)12)4-8(9,10)7(13)14/h5H,2-4H2,1H3,(H,13,14). The summed E-state index contributed by atoms with van der Waals surface area (Å²) in [5.74, 6) is -6.71. The number of carboxylic acids is 1. The van der Waals surface area contributed by atoms with E-state index in [0.29, 0.717) is 6.42 Å². The number of carboxylic acid groups (broad SMARTS) is 1. The molecule has 4 nitrogen and oxygen atoms in total. The largest absolute Gasteiger partial charge is 0.477 e. The molecule has 1 atom stereocenters. The van der Waals surface area contributed by atoms with Gasteiger partial charge in [-0.05, 0) is 6.42 Å². The van der Waals surface area contributed by atoms with Gasteiger partial charge in [0.25, 0.3) is 0 Å². The molecule has 14 heavy (non-hydrogen) atoms. The van der Waals surface area contributed by atoms with Crippen LogP contribution in [0.5, 0.6) is 0 Å². The maximum atomic E-state index is 12.7. The van der Waals surface area contributed by atoms with Crippen molar-refractivity contribution in [2.75, 3.05) is 13.1 Å². The van der Waals surface area contributed by atoms with E-state index >= 15 is 0 Å². The van der Waals surface area contributed by atoms with Gasteiger partial charge in [-0.3, -0.25) is 4.79 Å². The normalized spacial score (nSPS) is 22.9. The lowest BCUT2D eigenvalue weighted by atomic mass is 10.1. The van der Waals surface area contributed by atoms with E-state index in [1.807, 2.05) is 0 Å². The van der Waals surface area contributed by atoms with Crippen LogP contribution in [0.4, 0.5) is 8.78 Å². The lowest BCUT2D eigenvalue weighted by Crippen LogP contribution is -2.43. The summed E-state index contributed by atoms with van der Waals surface area (Å²) in [5, 5.41) is 8.17. The number of likely N-dealkylation sites (tertiary alicyclic amines) is 1. The highest BCUT2D eigenvalue weighted by atomic mass is 19.3. The van der Waals surface area contributed by atoms with Crippen LogP contribution in [0.25, 0.3) is 0 Å². The van der Waals surface area contributed by atoms with Gasteiger partial charge in [-0.1, -0.05) is 6.92 Å². The van der Waals surface area contributed by atoms with E-state index in [9.17, 15) is 18.4 Å². The maximum Gasteiger partial charge on any atom is 0.376 e. The maximum absolute atomic E-state index is 12.7. The second kappa shape index (κ2) is 3.51. The molecule has 1 fully saturated rings. The van der Waals surface area contributed by atoms with Gasteiger partial charge in [-0.15, -0.1) is 0 Å². The lowest BCUT2D eigenvalue weighted by Gasteiger charge is -2.20. The van der Waals surface area contributed by atoms with Crippen molar-refractivity contribution in [2.24, 2.45) is 5.92 Å². The Morgan fingerprint density at radius 1 is 1.71 bits per heavy atom. The van der Waals surface area contributed by atoms with Crippen LogP contribution in [0.2, 0.25) is 0 Å². The summed E-state index contributed by atoms with van der Waals surface area (Å²) in [5.41, 5.74) is 0. The predicted octanol–water partition coefficient (Wildman–Crippen LogP) is 0.575. The van der Waals surface area contributed by atoms with Crippen molar-refractivity contribution >= 4 is 11.9 Å². The summed E-state index contributed by atoms with van der Waals surface area (Å²) < 4.78 is 25.4. The molecule has 1 aliphatic heterocycles. The van der Waals surface area contributed by atoms with Crippen molar-refractivity contribution in [2.45, 2.75) is 19.3 Å². The molecule has 0 spiro atoms. The van der Waals surface area contributed by atoms with Crippen molar-refractivity contribution in [1.82, 2.24) is 4.90 Å². The van der Waals surface area contributed by atoms with Crippen LogP contribution in [-0.2, 0) is 9.59 Å². The molecule has 1 heterocycles. The Labute approximate surface area is 79.5 Å². The first-order valence-corrected chi connectivity index (χ1v) is 4.24. The molecule has 0 bridgehead atoms. The Morgan fingerprint density at radius 3 is 2.64 bits per heavy atom. The molecular formula is C8H11F2NO3. The number of amides is 1. The van der Waals surface area contributed by atoms with Crippen LogP contribution in [0.3, 0.4) is 0 Å². The van der Waals surface area contributed by atoms with Crippen LogP contribution in [-0.4, -0.2) is 40.9 Å². The van der Waals surface area contributed by atoms with E-state index in [1.54, 1.807) is 6.92 Å². The van der Waals surface area contributed by atoms with Crippen molar-refractivity contribution < 1.29 is 23.5 Å². The summed E-state index contributed by atoms with van der Waals surface area (Å²) in [6.07, 6.45) is 0.508. The van der Waals surface area contributed by atoms with Gasteiger partial charge in [0.15, 0.2) is 0 Å². The first-order valence-electron chi connectivity index (χ1n) is 4.24. The molecule has 1 amide bonds. The van der Waals surface area contributed by atoms with Gasteiger partial charge in [0.2, 0.25) is 5.91 Å². The molecule has 1 rings (SSSR count). The van der Waals surface area contributed by atoms with Crippen molar-refractivity contribution in [3.63, 3.8) is 0 Å². The first kappa shape index (κ1) is 10.9. The Balaban J connectivity index is 2.62. The number of halogens is 2. The molecule has 0 aromatic rings. The number of alkyl halides is 2. The summed E-state index contributed by atoms with van der Waals surface area (Å²) in [6.45, 7) is 0.829. The number of aliphatic carboxylic acids is 1. The van der Waals surface area contributed by atoms with Gasteiger partial charge in [-0.25, -0.2) is 4.79 Å². The van der Waals surface area contributed by atoms with Gasteiger partial charge in [-0.2, -0.15) is 8.78 Å². The minimum atomic E-state index is -3.85. The van der Waals surface area contributed by atoms with Crippen molar-refractivity contribution in [3.8, 4) is 0 Å². The Hall–Kier alpha value is -1.20. The fraction of sp³-hybridized carbons (Fsp3) is 0.750. The van der Waals surface area contributed by atoms with Crippen molar-refractivity contribution in [3.05, 3.63) is 0 Å². The fourth-order valence-electron chi connectivity index (χ4n) is 1.36. The average molecular weight is 207 g/mol. The summed E-state index contributed by atoms with van der Waals surface area (Å²) in [7, 11) is 0. The molecule has 1 saturated heterocycles. The number of carbonyl (C=O) groups excluding carboxylic acids is 1. The van der Waals surface area contributed by atoms with Gasteiger partial charge in [0, 0.05) is 12.5 Å². The van der Waals surface area contributed by atoms with E-state index in [2.05, 4.69) is 0 Å². The average Bonchev–Trinajstić information content (AvgIpc) is 2.35. The smallest absolute Gasteiger partial charge is 0.376 e. The summed E-state index contributed by atoms with van der Waals surface area (Å²) in [6, 6.07) is 0. The molecule has 0 aromatic carbocycles. The Morgan fingerprint density at radius 2 is 2.29 bits per heavy atom. The second-order valence-electron chi connectivity index (χ2n) is 3.46. The molecular weight excluding hydrogens is 196 g/mol. The SMILES string of the molecule is CC1CCN(CC(F)(F)C(=O)O)C1=O. The van der Waals surface area contributed by atoms with E-state index < -0.39 is 24.3 Å². The van der Waals surface area contributed by atoms with Crippen LogP contribution in [0, 0.1) is 5.92 Å². The van der Waals surface area contributed by atoms with E-state index in [4.69, 9.17) is 5.11 Å². The molecule has 1 N–H and O–H groups in total. The zero-order valence-electron chi connectivity index (χ0n) is 7.67. The van der Waals surface area contributed by atoms with Crippen molar-refractivity contribution in [1.29, 1.82) is 0 Å². The summed E-state index contributed by atoms with van der Waals surface area (Å²) in [4.78, 5) is 22.2. The number of hydrogen-bond donors (Lipinski definition) is 1. The molecule has 1 unspecified atom stereocenters. The van der Waals surface area contributed by atoms with E-state index in [1.165, 1.54) is 0 Å².